The summed E-state index contributed by atoms with van der Waals surface area (Å²) in [6.07, 6.45) is 3.16. The van der Waals surface area contributed by atoms with Crippen molar-refractivity contribution in [3.05, 3.63) is 46.4 Å². The molecule has 0 spiro atoms. The first-order chi connectivity index (χ1) is 8.60. The van der Waals surface area contributed by atoms with Gasteiger partial charge < -0.3 is 4.74 Å². The van der Waals surface area contributed by atoms with Crippen LogP contribution in [0.25, 0.3) is 0 Å². The summed E-state index contributed by atoms with van der Waals surface area (Å²) in [6, 6.07) is 3.70. The quantitative estimate of drug-likeness (QED) is 0.789. The van der Waals surface area contributed by atoms with E-state index < -0.39 is 0 Å². The van der Waals surface area contributed by atoms with Crippen molar-refractivity contribution in [2.75, 3.05) is 0 Å². The number of hydrogen-bond acceptors (Lipinski definition) is 3. The Bertz CT molecular complexity index is 532. The van der Waals surface area contributed by atoms with Gasteiger partial charge in [0.1, 0.15) is 5.75 Å². The fourth-order valence-electron chi connectivity index (χ4n) is 1.63. The van der Waals surface area contributed by atoms with Gasteiger partial charge in [-0.05, 0) is 37.1 Å². The van der Waals surface area contributed by atoms with Crippen molar-refractivity contribution in [3.63, 3.8) is 0 Å². The summed E-state index contributed by atoms with van der Waals surface area (Å²) < 4.78 is 5.72. The lowest BCUT2D eigenvalue weighted by atomic mass is 10.1. The van der Waals surface area contributed by atoms with E-state index in [4.69, 9.17) is 27.9 Å². The maximum Gasteiger partial charge on any atom is 0.237 e. The van der Waals surface area contributed by atoms with Crippen LogP contribution < -0.4 is 4.74 Å². The molecule has 0 amide bonds. The lowest BCUT2D eigenvalue weighted by Crippen LogP contribution is -1.95. The first-order valence-electron chi connectivity index (χ1n) is 5.41. The van der Waals surface area contributed by atoms with E-state index in [1.165, 1.54) is 0 Å². The number of rotatable bonds is 3. The number of aryl methyl sites for hydroxylation is 2. The van der Waals surface area contributed by atoms with Gasteiger partial charge in [0.15, 0.2) is 0 Å². The van der Waals surface area contributed by atoms with Crippen LogP contribution in [0.5, 0.6) is 11.6 Å². The Morgan fingerprint density at radius 2 is 1.78 bits per heavy atom. The molecule has 2 aromatic rings. The van der Waals surface area contributed by atoms with Gasteiger partial charge in [0.05, 0.1) is 24.0 Å². The molecular formula is C13H12Cl2N2O. The highest BCUT2D eigenvalue weighted by molar-refractivity contribution is 6.30. The third-order valence-corrected chi connectivity index (χ3v) is 2.94. The minimum Gasteiger partial charge on any atom is -0.437 e. The second kappa shape index (κ2) is 5.55. The molecule has 0 atom stereocenters. The van der Waals surface area contributed by atoms with Crippen LogP contribution >= 0.6 is 23.2 Å². The van der Waals surface area contributed by atoms with Crippen LogP contribution in [-0.2, 0) is 5.88 Å². The number of aromatic nitrogens is 2. The van der Waals surface area contributed by atoms with E-state index in [0.717, 1.165) is 16.9 Å². The predicted octanol–water partition coefficient (Wildman–Crippen LogP) is 4.28. The lowest BCUT2D eigenvalue weighted by Gasteiger charge is -2.11. The van der Waals surface area contributed by atoms with Crippen molar-refractivity contribution in [2.45, 2.75) is 19.7 Å². The maximum atomic E-state index is 5.97. The Balaban J connectivity index is 2.28. The van der Waals surface area contributed by atoms with Gasteiger partial charge in [-0.1, -0.05) is 11.6 Å². The summed E-state index contributed by atoms with van der Waals surface area (Å²) in [5, 5.41) is 0.695. The van der Waals surface area contributed by atoms with Crippen LogP contribution in [0.3, 0.4) is 0 Å². The summed E-state index contributed by atoms with van der Waals surface area (Å²) in [5.74, 6) is 1.54. The number of ether oxygens (including phenoxy) is 1. The zero-order valence-electron chi connectivity index (χ0n) is 10.1. The highest BCUT2D eigenvalue weighted by Gasteiger charge is 2.08. The molecule has 0 N–H and O–H groups in total. The van der Waals surface area contributed by atoms with Crippen LogP contribution in [0, 0.1) is 13.8 Å². The normalized spacial score (nSPS) is 10.4. The van der Waals surface area contributed by atoms with E-state index in [1.54, 1.807) is 12.4 Å². The first-order valence-corrected chi connectivity index (χ1v) is 6.33. The molecule has 0 aliphatic carbocycles. The van der Waals surface area contributed by atoms with Crippen molar-refractivity contribution in [1.82, 2.24) is 9.97 Å². The minimum atomic E-state index is 0.340. The molecule has 1 heterocycles. The highest BCUT2D eigenvalue weighted by atomic mass is 35.5. The van der Waals surface area contributed by atoms with Crippen molar-refractivity contribution >= 4 is 23.2 Å². The van der Waals surface area contributed by atoms with Crippen molar-refractivity contribution < 1.29 is 4.74 Å². The largest absolute Gasteiger partial charge is 0.437 e. The molecule has 1 aromatic heterocycles. The Labute approximate surface area is 116 Å². The monoisotopic (exact) mass is 282 g/mol. The second-order valence-corrected chi connectivity index (χ2v) is 4.65. The van der Waals surface area contributed by atoms with Gasteiger partial charge in [0.25, 0.3) is 0 Å². The van der Waals surface area contributed by atoms with Crippen molar-refractivity contribution in [1.29, 1.82) is 0 Å². The standard InChI is InChI=1S/C13H12Cl2N2O/c1-8-3-10(15)4-9(2)13(8)18-12-7-16-11(5-14)6-17-12/h3-4,6-7H,5H2,1-2H3. The average molecular weight is 283 g/mol. The van der Waals surface area contributed by atoms with Crippen molar-refractivity contribution in [2.24, 2.45) is 0 Å². The zero-order chi connectivity index (χ0) is 13.1. The Kier molecular flexibility index (Phi) is 4.04. The van der Waals surface area contributed by atoms with E-state index in [1.807, 2.05) is 26.0 Å². The molecule has 18 heavy (non-hydrogen) atoms. The number of benzene rings is 1. The summed E-state index contributed by atoms with van der Waals surface area (Å²) in [6.45, 7) is 3.88. The minimum absolute atomic E-state index is 0.340. The molecule has 3 nitrogen and oxygen atoms in total. The molecule has 2 rings (SSSR count). The molecule has 0 saturated carbocycles. The first kappa shape index (κ1) is 13.1. The number of alkyl halides is 1. The summed E-state index contributed by atoms with van der Waals surface area (Å²) in [4.78, 5) is 8.27. The molecule has 0 aliphatic heterocycles. The van der Waals surface area contributed by atoms with E-state index >= 15 is 0 Å². The van der Waals surface area contributed by atoms with Gasteiger partial charge in [0, 0.05) is 5.02 Å². The third kappa shape index (κ3) is 2.92. The van der Waals surface area contributed by atoms with Crippen LogP contribution in [-0.4, -0.2) is 9.97 Å². The van der Waals surface area contributed by atoms with Gasteiger partial charge in [-0.15, -0.1) is 11.6 Å². The fourth-order valence-corrected chi connectivity index (χ4v) is 2.09. The molecule has 1 aromatic carbocycles. The van der Waals surface area contributed by atoms with Gasteiger partial charge in [0.2, 0.25) is 5.88 Å². The summed E-state index contributed by atoms with van der Waals surface area (Å²) in [7, 11) is 0. The smallest absolute Gasteiger partial charge is 0.237 e. The van der Waals surface area contributed by atoms with E-state index in [-0.39, 0.29) is 0 Å². The SMILES string of the molecule is Cc1cc(Cl)cc(C)c1Oc1cnc(CCl)cn1. The molecule has 5 heteroatoms. The van der Waals surface area contributed by atoms with Crippen LogP contribution in [0.1, 0.15) is 16.8 Å². The molecule has 0 saturated heterocycles. The third-order valence-electron chi connectivity index (χ3n) is 2.45. The molecule has 94 valence electrons. The van der Waals surface area contributed by atoms with E-state index in [2.05, 4.69) is 9.97 Å². The summed E-state index contributed by atoms with van der Waals surface area (Å²) in [5.41, 5.74) is 2.64. The highest BCUT2D eigenvalue weighted by Crippen LogP contribution is 2.30. The topological polar surface area (TPSA) is 35.0 Å². The van der Waals surface area contributed by atoms with Gasteiger partial charge in [-0.25, -0.2) is 4.98 Å². The summed E-state index contributed by atoms with van der Waals surface area (Å²) >= 11 is 11.6. The van der Waals surface area contributed by atoms with Gasteiger partial charge in [-0.2, -0.15) is 0 Å². The average Bonchev–Trinajstić information content (AvgIpc) is 2.34. The molecule has 0 aliphatic rings. The lowest BCUT2D eigenvalue weighted by molar-refractivity contribution is 0.452. The Hall–Kier alpha value is -1.32. The molecule has 0 radical (unpaired) electrons. The second-order valence-electron chi connectivity index (χ2n) is 3.95. The molecular weight excluding hydrogens is 271 g/mol. The Morgan fingerprint density at radius 3 is 2.28 bits per heavy atom. The zero-order valence-corrected chi connectivity index (χ0v) is 11.6. The van der Waals surface area contributed by atoms with Crippen LogP contribution in [0.4, 0.5) is 0 Å². The molecule has 0 fully saturated rings. The number of nitrogens with zero attached hydrogens (tertiary/aromatic N) is 2. The van der Waals surface area contributed by atoms with Crippen LogP contribution in [0.15, 0.2) is 24.5 Å². The number of halogens is 2. The van der Waals surface area contributed by atoms with Crippen LogP contribution in [0.2, 0.25) is 5.02 Å². The molecule has 0 unspecified atom stereocenters. The number of hydrogen-bond donors (Lipinski definition) is 0. The van der Waals surface area contributed by atoms with E-state index in [0.29, 0.717) is 22.5 Å². The maximum absolute atomic E-state index is 5.97. The van der Waals surface area contributed by atoms with Crippen molar-refractivity contribution in [3.8, 4) is 11.6 Å². The van der Waals surface area contributed by atoms with Gasteiger partial charge >= 0.3 is 0 Å². The fraction of sp³-hybridized carbons (Fsp3) is 0.231. The van der Waals surface area contributed by atoms with E-state index in [9.17, 15) is 0 Å². The Morgan fingerprint density at radius 1 is 1.11 bits per heavy atom. The predicted molar refractivity (Wildman–Crippen MR) is 72.6 cm³/mol. The van der Waals surface area contributed by atoms with Gasteiger partial charge in [-0.3, -0.25) is 4.98 Å². The molecule has 0 bridgehead atoms.